The average molecular weight is 227 g/mol. The molecule has 0 atom stereocenters. The minimum atomic E-state index is -0.285. The van der Waals surface area contributed by atoms with Gasteiger partial charge in [0.15, 0.2) is 11.0 Å². The third kappa shape index (κ3) is 3.59. The molecule has 0 saturated carbocycles. The molecule has 80 valence electrons. The first-order chi connectivity index (χ1) is 7.13. The number of rotatable bonds is 4. The summed E-state index contributed by atoms with van der Waals surface area (Å²) in [5, 5.41) is 3.61. The highest BCUT2D eigenvalue weighted by atomic mass is 35.5. The predicted molar refractivity (Wildman–Crippen MR) is 60.6 cm³/mol. The number of hydrazone groups is 1. The van der Waals surface area contributed by atoms with E-state index in [0.717, 1.165) is 0 Å². The van der Waals surface area contributed by atoms with Gasteiger partial charge in [-0.1, -0.05) is 17.7 Å². The van der Waals surface area contributed by atoms with Crippen LogP contribution in [0.2, 0.25) is 0 Å². The topological polar surface area (TPSA) is 50.7 Å². The van der Waals surface area contributed by atoms with Gasteiger partial charge in [-0.2, -0.15) is 5.10 Å². The van der Waals surface area contributed by atoms with Gasteiger partial charge in [0.25, 0.3) is 0 Å². The fraction of sp³-hybridized carbons (Fsp3) is 0.200. The van der Waals surface area contributed by atoms with Gasteiger partial charge in [0.05, 0.1) is 12.8 Å². The van der Waals surface area contributed by atoms with Crippen LogP contribution in [0.1, 0.15) is 6.92 Å². The summed E-state index contributed by atoms with van der Waals surface area (Å²) in [6.07, 6.45) is 0. The number of nitrogens with zero attached hydrogens (tertiary/aromatic N) is 1. The number of carbonyl (C=O) groups excluding carboxylic acids is 1. The van der Waals surface area contributed by atoms with Gasteiger partial charge in [-0.25, -0.2) is 0 Å². The molecule has 0 radical (unpaired) electrons. The molecule has 0 saturated heterocycles. The van der Waals surface area contributed by atoms with Crippen molar-refractivity contribution < 1.29 is 9.53 Å². The first-order valence-electron chi connectivity index (χ1n) is 4.27. The Hall–Kier alpha value is -1.55. The minimum Gasteiger partial charge on any atom is -0.497 e. The summed E-state index contributed by atoms with van der Waals surface area (Å²) in [5.74, 6) is 0.418. The lowest BCUT2D eigenvalue weighted by Gasteiger charge is -2.03. The van der Waals surface area contributed by atoms with Crippen molar-refractivity contribution in [2.45, 2.75) is 6.92 Å². The Balaban J connectivity index is 2.73. The number of anilines is 1. The standard InChI is InChI=1S/C10H11ClN2O2/c1-7(14)10(11)13-12-8-4-3-5-9(6-8)15-2/h3-6,12H,1-2H3/b13-10-. The van der Waals surface area contributed by atoms with Crippen molar-refractivity contribution in [1.82, 2.24) is 0 Å². The fourth-order valence-corrected chi connectivity index (χ4v) is 0.927. The van der Waals surface area contributed by atoms with E-state index < -0.39 is 0 Å². The maximum atomic E-state index is 10.8. The third-order valence-corrected chi connectivity index (χ3v) is 1.99. The fourth-order valence-electron chi connectivity index (χ4n) is 0.885. The van der Waals surface area contributed by atoms with E-state index >= 15 is 0 Å². The molecule has 0 aliphatic heterocycles. The van der Waals surface area contributed by atoms with E-state index in [1.165, 1.54) is 6.92 Å². The van der Waals surface area contributed by atoms with Gasteiger partial charge in [0, 0.05) is 13.0 Å². The molecule has 1 aromatic carbocycles. The summed E-state index contributed by atoms with van der Waals surface area (Å²) in [7, 11) is 1.57. The van der Waals surface area contributed by atoms with Crippen LogP contribution in [0.3, 0.4) is 0 Å². The van der Waals surface area contributed by atoms with Gasteiger partial charge in [-0.05, 0) is 12.1 Å². The quantitative estimate of drug-likeness (QED) is 0.633. The Labute approximate surface area is 92.9 Å². The zero-order valence-corrected chi connectivity index (χ0v) is 9.21. The van der Waals surface area contributed by atoms with E-state index in [9.17, 15) is 4.79 Å². The van der Waals surface area contributed by atoms with Gasteiger partial charge in [0.2, 0.25) is 0 Å². The van der Waals surface area contributed by atoms with Crippen molar-refractivity contribution >= 4 is 28.2 Å². The maximum absolute atomic E-state index is 10.8. The van der Waals surface area contributed by atoms with Crippen LogP contribution in [-0.2, 0) is 4.79 Å². The Bertz CT molecular complexity index is 391. The van der Waals surface area contributed by atoms with Crippen LogP contribution in [0, 0.1) is 0 Å². The second kappa shape index (κ2) is 5.36. The molecule has 4 nitrogen and oxygen atoms in total. The molecular formula is C10H11ClN2O2. The molecule has 1 N–H and O–H groups in total. The lowest BCUT2D eigenvalue weighted by atomic mass is 10.3. The summed E-state index contributed by atoms with van der Waals surface area (Å²) in [6.45, 7) is 1.35. The Morgan fingerprint density at radius 3 is 2.87 bits per heavy atom. The van der Waals surface area contributed by atoms with E-state index in [1.54, 1.807) is 25.3 Å². The van der Waals surface area contributed by atoms with E-state index in [-0.39, 0.29) is 11.0 Å². The summed E-state index contributed by atoms with van der Waals surface area (Å²) in [4.78, 5) is 10.8. The zero-order valence-electron chi connectivity index (χ0n) is 8.45. The molecular weight excluding hydrogens is 216 g/mol. The molecule has 0 amide bonds. The Morgan fingerprint density at radius 1 is 1.53 bits per heavy atom. The van der Waals surface area contributed by atoms with Gasteiger partial charge in [-0.3, -0.25) is 10.2 Å². The number of methoxy groups -OCH3 is 1. The van der Waals surface area contributed by atoms with Gasteiger partial charge in [0.1, 0.15) is 5.75 Å². The van der Waals surface area contributed by atoms with Crippen molar-refractivity contribution in [3.05, 3.63) is 24.3 Å². The maximum Gasteiger partial charge on any atom is 0.191 e. The van der Waals surface area contributed by atoms with E-state index in [1.807, 2.05) is 6.07 Å². The number of ether oxygens (including phenoxy) is 1. The SMILES string of the molecule is COc1cccc(N/N=C(\Cl)C(C)=O)c1. The molecule has 0 aliphatic rings. The highest BCUT2D eigenvalue weighted by Gasteiger charge is 2.00. The lowest BCUT2D eigenvalue weighted by Crippen LogP contribution is -2.04. The van der Waals surface area contributed by atoms with Crippen LogP contribution >= 0.6 is 11.6 Å². The monoisotopic (exact) mass is 226 g/mol. The molecule has 0 aromatic heterocycles. The number of hydrogen-bond acceptors (Lipinski definition) is 4. The van der Waals surface area contributed by atoms with Crippen LogP contribution in [0.25, 0.3) is 0 Å². The molecule has 1 aromatic rings. The molecule has 0 spiro atoms. The van der Waals surface area contributed by atoms with Gasteiger partial charge in [-0.15, -0.1) is 0 Å². The summed E-state index contributed by atoms with van der Waals surface area (Å²) in [5.41, 5.74) is 3.36. The molecule has 0 unspecified atom stereocenters. The molecule has 0 fully saturated rings. The highest BCUT2D eigenvalue weighted by Crippen LogP contribution is 2.16. The van der Waals surface area contributed by atoms with E-state index in [2.05, 4.69) is 10.5 Å². The first kappa shape index (κ1) is 11.5. The summed E-state index contributed by atoms with van der Waals surface area (Å²) < 4.78 is 5.02. The van der Waals surface area contributed by atoms with Crippen molar-refractivity contribution in [2.24, 2.45) is 5.10 Å². The minimum absolute atomic E-state index is 0.0854. The van der Waals surface area contributed by atoms with Crippen molar-refractivity contribution in [2.75, 3.05) is 12.5 Å². The van der Waals surface area contributed by atoms with Crippen LogP contribution in [0.15, 0.2) is 29.4 Å². The Morgan fingerprint density at radius 2 is 2.27 bits per heavy atom. The second-order valence-corrected chi connectivity index (χ2v) is 3.16. The number of benzene rings is 1. The average Bonchev–Trinajstić information content (AvgIpc) is 2.26. The van der Waals surface area contributed by atoms with Crippen LogP contribution in [0.5, 0.6) is 5.75 Å². The predicted octanol–water partition coefficient (Wildman–Crippen LogP) is 2.25. The number of halogens is 1. The number of hydrogen-bond donors (Lipinski definition) is 1. The Kier molecular flexibility index (Phi) is 4.12. The first-order valence-corrected chi connectivity index (χ1v) is 4.65. The molecule has 0 heterocycles. The molecule has 5 heteroatoms. The molecule has 0 bridgehead atoms. The third-order valence-electron chi connectivity index (χ3n) is 1.64. The second-order valence-electron chi connectivity index (χ2n) is 2.80. The zero-order chi connectivity index (χ0) is 11.3. The molecule has 1 rings (SSSR count). The lowest BCUT2D eigenvalue weighted by molar-refractivity contribution is -0.110. The largest absolute Gasteiger partial charge is 0.497 e. The van der Waals surface area contributed by atoms with Crippen molar-refractivity contribution in [3.63, 3.8) is 0 Å². The van der Waals surface area contributed by atoms with E-state index in [0.29, 0.717) is 11.4 Å². The number of Topliss-reactive ketones (excluding diaryl/α,β-unsaturated/α-hetero) is 1. The van der Waals surface area contributed by atoms with Crippen molar-refractivity contribution in [1.29, 1.82) is 0 Å². The highest BCUT2D eigenvalue weighted by molar-refractivity contribution is 6.82. The number of nitrogens with one attached hydrogen (secondary N) is 1. The van der Waals surface area contributed by atoms with Crippen LogP contribution < -0.4 is 10.2 Å². The molecule has 15 heavy (non-hydrogen) atoms. The normalized spacial score (nSPS) is 11.0. The van der Waals surface area contributed by atoms with Gasteiger partial charge < -0.3 is 4.74 Å². The summed E-state index contributed by atoms with van der Waals surface area (Å²) in [6, 6.07) is 7.14. The smallest absolute Gasteiger partial charge is 0.191 e. The van der Waals surface area contributed by atoms with Crippen LogP contribution in [-0.4, -0.2) is 18.1 Å². The van der Waals surface area contributed by atoms with Gasteiger partial charge >= 0.3 is 0 Å². The van der Waals surface area contributed by atoms with E-state index in [4.69, 9.17) is 16.3 Å². The number of carbonyl (C=O) groups is 1. The van der Waals surface area contributed by atoms with Crippen molar-refractivity contribution in [3.8, 4) is 5.75 Å². The molecule has 0 aliphatic carbocycles. The summed E-state index contributed by atoms with van der Waals surface area (Å²) >= 11 is 5.55. The number of ketones is 1. The van der Waals surface area contributed by atoms with Crippen LogP contribution in [0.4, 0.5) is 5.69 Å².